The quantitative estimate of drug-likeness (QED) is 0.843. The van der Waals surface area contributed by atoms with Gasteiger partial charge in [-0.1, -0.05) is 23.2 Å². The maximum Gasteiger partial charge on any atom is 0.261 e. The Hall–Kier alpha value is -1.50. The van der Waals surface area contributed by atoms with Gasteiger partial charge in [0, 0.05) is 0 Å². The molecule has 0 amide bonds. The van der Waals surface area contributed by atoms with Crippen LogP contribution in [0.3, 0.4) is 0 Å². The molecule has 0 aliphatic carbocycles. The zero-order chi connectivity index (χ0) is 14.9. The Morgan fingerprint density at radius 2 is 1.75 bits per heavy atom. The minimum absolute atomic E-state index is 0.150. The number of nitrogen functional groups attached to an aromatic ring is 1. The Balaban J connectivity index is 2.35. The van der Waals surface area contributed by atoms with Gasteiger partial charge in [0.25, 0.3) is 10.0 Å². The number of hydrogen-bond acceptors (Lipinski definition) is 3. The zero-order valence-corrected chi connectivity index (χ0v) is 12.2. The van der Waals surface area contributed by atoms with Crippen molar-refractivity contribution in [1.82, 2.24) is 0 Å². The second-order valence-electron chi connectivity index (χ2n) is 3.92. The van der Waals surface area contributed by atoms with Crippen molar-refractivity contribution in [3.63, 3.8) is 0 Å². The first-order valence-corrected chi connectivity index (χ1v) is 7.56. The normalized spacial score (nSPS) is 11.3. The lowest BCUT2D eigenvalue weighted by Crippen LogP contribution is -2.13. The number of nitrogens with one attached hydrogen (secondary N) is 1. The molecule has 2 aromatic carbocycles. The lowest BCUT2D eigenvalue weighted by molar-refractivity contribution is 0.600. The summed E-state index contributed by atoms with van der Waals surface area (Å²) in [7, 11) is -3.88. The molecular weight excluding hydrogens is 326 g/mol. The molecule has 3 N–H and O–H groups in total. The fourth-order valence-corrected chi connectivity index (χ4v) is 2.85. The number of rotatable bonds is 3. The van der Waals surface area contributed by atoms with Crippen LogP contribution in [0.1, 0.15) is 0 Å². The topological polar surface area (TPSA) is 72.2 Å². The Kier molecular flexibility index (Phi) is 4.08. The van der Waals surface area contributed by atoms with E-state index in [1.165, 1.54) is 18.2 Å². The molecule has 106 valence electrons. The van der Waals surface area contributed by atoms with Crippen LogP contribution < -0.4 is 10.5 Å². The van der Waals surface area contributed by atoms with Crippen LogP contribution in [0.15, 0.2) is 41.3 Å². The number of anilines is 2. The van der Waals surface area contributed by atoms with Gasteiger partial charge in [-0.25, -0.2) is 12.8 Å². The van der Waals surface area contributed by atoms with E-state index in [1.807, 2.05) is 0 Å². The monoisotopic (exact) mass is 334 g/mol. The van der Waals surface area contributed by atoms with Crippen molar-refractivity contribution in [3.05, 3.63) is 52.3 Å². The van der Waals surface area contributed by atoms with Crippen molar-refractivity contribution in [2.75, 3.05) is 10.5 Å². The fraction of sp³-hybridized carbons (Fsp3) is 0. The highest BCUT2D eigenvalue weighted by Gasteiger charge is 2.16. The highest BCUT2D eigenvalue weighted by Crippen LogP contribution is 2.27. The summed E-state index contributed by atoms with van der Waals surface area (Å²) >= 11 is 11.5. The van der Waals surface area contributed by atoms with Crippen LogP contribution in [0.5, 0.6) is 0 Å². The second kappa shape index (κ2) is 5.47. The number of hydrogen-bond donors (Lipinski definition) is 2. The van der Waals surface area contributed by atoms with Crippen LogP contribution in [-0.2, 0) is 10.0 Å². The van der Waals surface area contributed by atoms with E-state index < -0.39 is 15.8 Å². The Morgan fingerprint density at radius 3 is 2.35 bits per heavy atom. The van der Waals surface area contributed by atoms with Crippen LogP contribution in [0, 0.1) is 5.82 Å². The van der Waals surface area contributed by atoms with Gasteiger partial charge >= 0.3 is 0 Å². The van der Waals surface area contributed by atoms with Crippen molar-refractivity contribution in [1.29, 1.82) is 0 Å². The molecule has 0 unspecified atom stereocenters. The summed E-state index contributed by atoms with van der Waals surface area (Å²) in [6.07, 6.45) is 0. The molecular formula is C12H9Cl2FN2O2S. The van der Waals surface area contributed by atoms with Gasteiger partial charge in [-0.15, -0.1) is 0 Å². The van der Waals surface area contributed by atoms with Gasteiger partial charge < -0.3 is 5.73 Å². The molecule has 0 atom stereocenters. The lowest BCUT2D eigenvalue weighted by atomic mass is 10.3. The predicted molar refractivity (Wildman–Crippen MR) is 78.1 cm³/mol. The van der Waals surface area contributed by atoms with E-state index in [-0.39, 0.29) is 21.3 Å². The first kappa shape index (κ1) is 14.9. The van der Waals surface area contributed by atoms with Crippen LogP contribution in [0.2, 0.25) is 10.0 Å². The molecule has 0 aliphatic rings. The molecule has 0 saturated heterocycles. The maximum atomic E-state index is 13.0. The third kappa shape index (κ3) is 3.15. The number of sulfonamides is 1. The number of nitrogens with two attached hydrogens (primary N) is 1. The summed E-state index contributed by atoms with van der Waals surface area (Å²) in [5.41, 5.74) is 5.34. The first-order valence-electron chi connectivity index (χ1n) is 5.32. The Bertz CT molecular complexity index is 766. The van der Waals surface area contributed by atoms with E-state index in [9.17, 15) is 12.8 Å². The molecule has 4 nitrogen and oxygen atoms in total. The van der Waals surface area contributed by atoms with Gasteiger partial charge in [0.15, 0.2) is 0 Å². The smallest absolute Gasteiger partial charge is 0.261 e. The van der Waals surface area contributed by atoms with E-state index in [0.717, 1.165) is 18.2 Å². The number of benzene rings is 2. The van der Waals surface area contributed by atoms with Crippen molar-refractivity contribution in [3.8, 4) is 0 Å². The summed E-state index contributed by atoms with van der Waals surface area (Å²) in [4.78, 5) is -0.150. The van der Waals surface area contributed by atoms with Gasteiger partial charge in [-0.2, -0.15) is 0 Å². The molecule has 0 radical (unpaired) electrons. The molecule has 0 spiro atoms. The van der Waals surface area contributed by atoms with Crippen molar-refractivity contribution in [2.24, 2.45) is 0 Å². The summed E-state index contributed by atoms with van der Waals surface area (Å²) in [5, 5.41) is 0.520. The largest absolute Gasteiger partial charge is 0.396 e. The van der Waals surface area contributed by atoms with Gasteiger partial charge in [0.2, 0.25) is 0 Å². The Morgan fingerprint density at radius 1 is 1.05 bits per heavy atom. The van der Waals surface area contributed by atoms with E-state index in [4.69, 9.17) is 28.9 Å². The first-order chi connectivity index (χ1) is 9.29. The molecule has 0 aromatic heterocycles. The molecule has 2 rings (SSSR count). The minimum atomic E-state index is -3.88. The van der Waals surface area contributed by atoms with Crippen molar-refractivity contribution < 1.29 is 12.8 Å². The van der Waals surface area contributed by atoms with Crippen molar-refractivity contribution >= 4 is 44.6 Å². The second-order valence-corrected chi connectivity index (χ2v) is 6.41. The van der Waals surface area contributed by atoms with Gasteiger partial charge in [-0.05, 0) is 36.4 Å². The third-order valence-electron chi connectivity index (χ3n) is 2.45. The molecule has 0 fully saturated rings. The highest BCUT2D eigenvalue weighted by atomic mass is 35.5. The molecule has 8 heteroatoms. The average Bonchev–Trinajstić information content (AvgIpc) is 2.37. The van der Waals surface area contributed by atoms with Crippen molar-refractivity contribution in [2.45, 2.75) is 4.90 Å². The van der Waals surface area contributed by atoms with Gasteiger partial charge in [-0.3, -0.25) is 4.72 Å². The summed E-state index contributed by atoms with van der Waals surface area (Å²) in [6.45, 7) is 0. The maximum absolute atomic E-state index is 13.0. The van der Waals surface area contributed by atoms with E-state index in [2.05, 4.69) is 4.72 Å². The molecule has 0 saturated carbocycles. The van der Waals surface area contributed by atoms with Crippen LogP contribution in [0.4, 0.5) is 15.8 Å². The van der Waals surface area contributed by atoms with Crippen LogP contribution >= 0.6 is 23.2 Å². The average molecular weight is 335 g/mol. The SMILES string of the molecule is Nc1cc(S(=O)(=O)Nc2ccc(Cl)c(Cl)c2)ccc1F. The molecule has 0 heterocycles. The van der Waals surface area contributed by atoms with Gasteiger partial charge in [0.05, 0.1) is 26.3 Å². The standard InChI is InChI=1S/C12H9Cl2FN2O2S/c13-9-3-1-7(5-10(9)14)17-20(18,19)8-2-4-11(15)12(16)6-8/h1-6,17H,16H2. The minimum Gasteiger partial charge on any atom is -0.396 e. The highest BCUT2D eigenvalue weighted by molar-refractivity contribution is 7.92. The van der Waals surface area contributed by atoms with Gasteiger partial charge in [0.1, 0.15) is 5.82 Å². The lowest BCUT2D eigenvalue weighted by Gasteiger charge is -2.09. The summed E-state index contributed by atoms with van der Waals surface area (Å²) < 4.78 is 39.5. The molecule has 0 aliphatic heterocycles. The summed E-state index contributed by atoms with van der Waals surface area (Å²) in [5.74, 6) is -0.682. The predicted octanol–water partition coefficient (Wildman–Crippen LogP) is 3.52. The fourth-order valence-electron chi connectivity index (χ4n) is 1.46. The molecule has 0 bridgehead atoms. The number of halogens is 3. The van der Waals surface area contributed by atoms with Crippen LogP contribution in [0.25, 0.3) is 0 Å². The van der Waals surface area contributed by atoms with E-state index >= 15 is 0 Å². The molecule has 20 heavy (non-hydrogen) atoms. The third-order valence-corrected chi connectivity index (χ3v) is 4.57. The van der Waals surface area contributed by atoms with E-state index in [0.29, 0.717) is 5.02 Å². The molecule has 2 aromatic rings. The zero-order valence-electron chi connectivity index (χ0n) is 9.90. The van der Waals surface area contributed by atoms with E-state index in [1.54, 1.807) is 0 Å². The van der Waals surface area contributed by atoms with Crippen LogP contribution in [-0.4, -0.2) is 8.42 Å². The summed E-state index contributed by atoms with van der Waals surface area (Å²) in [6, 6.07) is 7.42. The Labute approximate surface area is 125 Å².